The van der Waals surface area contributed by atoms with Gasteiger partial charge in [-0.25, -0.2) is 4.79 Å². The summed E-state index contributed by atoms with van der Waals surface area (Å²) in [6.45, 7) is 16.6. The van der Waals surface area contributed by atoms with E-state index in [1.54, 1.807) is 4.90 Å². The number of amides is 3. The van der Waals surface area contributed by atoms with Crippen molar-refractivity contribution in [3.05, 3.63) is 34.9 Å². The van der Waals surface area contributed by atoms with Gasteiger partial charge in [-0.1, -0.05) is 32.9 Å². The van der Waals surface area contributed by atoms with E-state index in [0.717, 1.165) is 16.7 Å². The molecule has 1 saturated heterocycles. The van der Waals surface area contributed by atoms with Gasteiger partial charge in [-0.2, -0.15) is 0 Å². The number of nitrogens with zero attached hydrogens (tertiary/aromatic N) is 2. The van der Waals surface area contributed by atoms with E-state index in [-0.39, 0.29) is 22.9 Å². The van der Waals surface area contributed by atoms with Crippen LogP contribution in [0.25, 0.3) is 0 Å². The smallest absolute Gasteiger partial charge is 0.317 e. The lowest BCUT2D eigenvalue weighted by Gasteiger charge is -2.36. The molecule has 1 aromatic carbocycles. The summed E-state index contributed by atoms with van der Waals surface area (Å²) < 4.78 is 0. The van der Waals surface area contributed by atoms with Gasteiger partial charge in [0, 0.05) is 37.3 Å². The van der Waals surface area contributed by atoms with Gasteiger partial charge in [0.15, 0.2) is 0 Å². The van der Waals surface area contributed by atoms with Crippen LogP contribution in [0.2, 0.25) is 0 Å². The van der Waals surface area contributed by atoms with Crippen molar-refractivity contribution >= 4 is 11.9 Å². The van der Waals surface area contributed by atoms with Crippen molar-refractivity contribution in [1.82, 2.24) is 15.1 Å². The quantitative estimate of drug-likeness (QED) is 0.833. The number of urea groups is 1. The van der Waals surface area contributed by atoms with Gasteiger partial charge in [-0.15, -0.1) is 0 Å². The first-order valence-corrected chi connectivity index (χ1v) is 9.36. The summed E-state index contributed by atoms with van der Waals surface area (Å²) in [7, 11) is 0. The number of nitrogens with one attached hydrogen (secondary N) is 1. The molecule has 1 aliphatic rings. The van der Waals surface area contributed by atoms with E-state index in [0.29, 0.717) is 26.2 Å². The lowest BCUT2D eigenvalue weighted by molar-refractivity contribution is 0.0660. The van der Waals surface area contributed by atoms with E-state index in [1.165, 1.54) is 0 Å². The second-order valence-corrected chi connectivity index (χ2v) is 9.24. The molecular formula is C21H33N3O2. The highest BCUT2D eigenvalue weighted by Crippen LogP contribution is 2.25. The first kappa shape index (κ1) is 20.3. The number of benzene rings is 1. The molecule has 26 heavy (non-hydrogen) atoms. The maximum atomic E-state index is 13.0. The van der Waals surface area contributed by atoms with Crippen LogP contribution < -0.4 is 5.32 Å². The van der Waals surface area contributed by atoms with Gasteiger partial charge in [0.25, 0.3) is 5.91 Å². The molecule has 1 fully saturated rings. The second-order valence-electron chi connectivity index (χ2n) is 9.24. The Morgan fingerprint density at radius 1 is 0.923 bits per heavy atom. The number of rotatable bonds is 1. The molecule has 1 N–H and O–H groups in total. The molecular weight excluding hydrogens is 326 g/mol. The minimum atomic E-state index is -0.255. The lowest BCUT2D eigenvalue weighted by atomic mass is 9.85. The van der Waals surface area contributed by atoms with Crippen LogP contribution >= 0.6 is 0 Å². The zero-order chi connectivity index (χ0) is 19.7. The highest BCUT2D eigenvalue weighted by molar-refractivity contribution is 5.96. The third kappa shape index (κ3) is 4.99. The maximum absolute atomic E-state index is 13.0. The van der Waals surface area contributed by atoms with Crippen LogP contribution in [0.5, 0.6) is 0 Å². The fourth-order valence-electron chi connectivity index (χ4n) is 3.00. The van der Waals surface area contributed by atoms with E-state index in [9.17, 15) is 9.59 Å². The van der Waals surface area contributed by atoms with Crippen LogP contribution in [-0.4, -0.2) is 53.5 Å². The number of hydrogen-bond donors (Lipinski definition) is 1. The molecule has 144 valence electrons. The summed E-state index contributed by atoms with van der Waals surface area (Å²) in [6, 6.07) is 6.09. The number of piperazine rings is 1. The Bertz CT molecular complexity index is 675. The average Bonchev–Trinajstić information content (AvgIpc) is 2.52. The number of aryl methyl sites for hydroxylation is 1. The Morgan fingerprint density at radius 3 is 1.96 bits per heavy atom. The number of carbonyl (C=O) groups excluding carboxylic acids is 2. The molecule has 0 radical (unpaired) electrons. The van der Waals surface area contributed by atoms with Crippen molar-refractivity contribution < 1.29 is 9.59 Å². The van der Waals surface area contributed by atoms with E-state index in [1.807, 2.05) is 44.7 Å². The van der Waals surface area contributed by atoms with Gasteiger partial charge in [-0.05, 0) is 50.3 Å². The van der Waals surface area contributed by atoms with E-state index in [4.69, 9.17) is 0 Å². The van der Waals surface area contributed by atoms with Crippen LogP contribution in [0.1, 0.15) is 63.0 Å². The average molecular weight is 360 g/mol. The number of carbonyl (C=O) groups is 2. The third-order valence-electron chi connectivity index (χ3n) is 4.67. The summed E-state index contributed by atoms with van der Waals surface area (Å²) in [5.41, 5.74) is 2.68. The summed E-state index contributed by atoms with van der Waals surface area (Å²) in [4.78, 5) is 28.9. The molecule has 0 aliphatic carbocycles. The lowest BCUT2D eigenvalue weighted by Crippen LogP contribution is -2.56. The van der Waals surface area contributed by atoms with Crippen LogP contribution in [0.4, 0.5) is 4.79 Å². The molecule has 5 nitrogen and oxygen atoms in total. The molecule has 1 aliphatic heterocycles. The summed E-state index contributed by atoms with van der Waals surface area (Å²) in [5.74, 6) is 0.0597. The largest absolute Gasteiger partial charge is 0.335 e. The van der Waals surface area contributed by atoms with Gasteiger partial charge < -0.3 is 15.1 Å². The topological polar surface area (TPSA) is 52.7 Å². The zero-order valence-electron chi connectivity index (χ0n) is 17.3. The highest BCUT2D eigenvalue weighted by Gasteiger charge is 2.27. The fraction of sp³-hybridized carbons (Fsp3) is 0.619. The van der Waals surface area contributed by atoms with Crippen molar-refractivity contribution in [3.8, 4) is 0 Å². The Hall–Kier alpha value is -2.04. The molecule has 0 unspecified atom stereocenters. The van der Waals surface area contributed by atoms with Gasteiger partial charge in [-0.3, -0.25) is 4.79 Å². The fourth-order valence-corrected chi connectivity index (χ4v) is 3.00. The van der Waals surface area contributed by atoms with Crippen molar-refractivity contribution in [2.24, 2.45) is 0 Å². The molecule has 3 amide bonds. The monoisotopic (exact) mass is 359 g/mol. The van der Waals surface area contributed by atoms with Crippen LogP contribution in [0.3, 0.4) is 0 Å². The molecule has 0 spiro atoms. The molecule has 0 bridgehead atoms. The molecule has 1 aromatic rings. The molecule has 2 rings (SSSR count). The van der Waals surface area contributed by atoms with Crippen molar-refractivity contribution in [1.29, 1.82) is 0 Å². The molecule has 5 heteroatoms. The standard InChI is InChI=1S/C21H33N3O2/c1-15-8-9-16(20(2,3)4)14-17(15)18(25)23-10-12-24(13-11-23)19(26)22-21(5,6)7/h8-9,14H,10-13H2,1-7H3,(H,22,26). The van der Waals surface area contributed by atoms with E-state index >= 15 is 0 Å². The summed E-state index contributed by atoms with van der Waals surface area (Å²) in [5, 5.41) is 2.98. The minimum Gasteiger partial charge on any atom is -0.335 e. The Balaban J connectivity index is 2.06. The Morgan fingerprint density at radius 2 is 1.46 bits per heavy atom. The minimum absolute atomic E-state index is 0.00642. The Labute approximate surface area is 157 Å². The summed E-state index contributed by atoms with van der Waals surface area (Å²) in [6.07, 6.45) is 0. The Kier molecular flexibility index (Phi) is 5.69. The predicted octanol–water partition coefficient (Wildman–Crippen LogP) is 3.56. The van der Waals surface area contributed by atoms with Gasteiger partial charge in [0.05, 0.1) is 0 Å². The van der Waals surface area contributed by atoms with Crippen molar-refractivity contribution in [3.63, 3.8) is 0 Å². The molecule has 1 heterocycles. The van der Waals surface area contributed by atoms with Gasteiger partial charge >= 0.3 is 6.03 Å². The predicted molar refractivity (Wildman–Crippen MR) is 106 cm³/mol. The third-order valence-corrected chi connectivity index (χ3v) is 4.67. The second kappa shape index (κ2) is 7.29. The normalized spacial score (nSPS) is 15.8. The maximum Gasteiger partial charge on any atom is 0.317 e. The van der Waals surface area contributed by atoms with Crippen LogP contribution in [0, 0.1) is 6.92 Å². The SMILES string of the molecule is Cc1ccc(C(C)(C)C)cc1C(=O)N1CCN(C(=O)NC(C)(C)C)CC1. The molecule has 0 saturated carbocycles. The van der Waals surface area contributed by atoms with Crippen LogP contribution in [-0.2, 0) is 5.41 Å². The van der Waals surface area contributed by atoms with Crippen molar-refractivity contribution in [2.45, 2.75) is 59.4 Å². The zero-order valence-corrected chi connectivity index (χ0v) is 17.3. The van der Waals surface area contributed by atoms with Crippen molar-refractivity contribution in [2.75, 3.05) is 26.2 Å². The first-order valence-electron chi connectivity index (χ1n) is 9.36. The van der Waals surface area contributed by atoms with E-state index < -0.39 is 0 Å². The molecule has 0 aromatic heterocycles. The van der Waals surface area contributed by atoms with E-state index in [2.05, 4.69) is 32.2 Å². The molecule has 0 atom stereocenters. The van der Waals surface area contributed by atoms with Gasteiger partial charge in [0.2, 0.25) is 0 Å². The summed E-state index contributed by atoms with van der Waals surface area (Å²) >= 11 is 0. The van der Waals surface area contributed by atoms with Crippen LogP contribution in [0.15, 0.2) is 18.2 Å². The number of hydrogen-bond acceptors (Lipinski definition) is 2. The van der Waals surface area contributed by atoms with Gasteiger partial charge in [0.1, 0.15) is 0 Å². The first-order chi connectivity index (χ1) is 11.9. The highest BCUT2D eigenvalue weighted by atomic mass is 16.2.